The number of nitrogens with two attached hydrogens (primary N) is 1. The number of benzene rings is 1. The van der Waals surface area contributed by atoms with Crippen molar-refractivity contribution in [3.8, 4) is 0 Å². The smallest absolute Gasteiger partial charge is 0.138 e. The van der Waals surface area contributed by atoms with E-state index in [9.17, 15) is 4.39 Å². The van der Waals surface area contributed by atoms with Crippen LogP contribution in [0.3, 0.4) is 0 Å². The van der Waals surface area contributed by atoms with Gasteiger partial charge >= 0.3 is 0 Å². The number of anilines is 2. The first kappa shape index (κ1) is 13.5. The van der Waals surface area contributed by atoms with Gasteiger partial charge in [0.1, 0.15) is 5.82 Å². The molecule has 16 heavy (non-hydrogen) atoms. The second-order valence-electron chi connectivity index (χ2n) is 5.09. The Morgan fingerprint density at radius 2 is 2.00 bits per heavy atom. The minimum absolute atomic E-state index is 0.229. The van der Waals surface area contributed by atoms with Crippen LogP contribution in [0.15, 0.2) is 12.1 Å². The fraction of sp³-hybridized carbons (Fsp3) is 0.500. The van der Waals surface area contributed by atoms with Crippen molar-refractivity contribution in [3.63, 3.8) is 0 Å². The second kappa shape index (κ2) is 5.21. The molecule has 90 valence electrons. The monoisotopic (exact) mass is 336 g/mol. The van der Waals surface area contributed by atoms with E-state index in [1.807, 2.05) is 22.6 Å². The van der Waals surface area contributed by atoms with Gasteiger partial charge in [-0.2, -0.15) is 0 Å². The Balaban J connectivity index is 2.64. The van der Waals surface area contributed by atoms with E-state index in [0.717, 1.165) is 13.0 Å². The third-order valence-corrected chi connectivity index (χ3v) is 3.11. The lowest BCUT2D eigenvalue weighted by molar-refractivity contribution is 0.390. The fourth-order valence-electron chi connectivity index (χ4n) is 1.29. The Morgan fingerprint density at radius 3 is 2.56 bits per heavy atom. The predicted molar refractivity (Wildman–Crippen MR) is 76.1 cm³/mol. The zero-order valence-corrected chi connectivity index (χ0v) is 12.1. The van der Waals surface area contributed by atoms with Gasteiger partial charge in [0.2, 0.25) is 0 Å². The molecule has 0 radical (unpaired) electrons. The Bertz CT molecular complexity index is 372. The molecule has 3 N–H and O–H groups in total. The van der Waals surface area contributed by atoms with E-state index in [0.29, 0.717) is 14.9 Å². The highest BCUT2D eigenvalue weighted by Crippen LogP contribution is 2.25. The molecule has 0 aliphatic rings. The first-order chi connectivity index (χ1) is 7.29. The summed E-state index contributed by atoms with van der Waals surface area (Å²) in [5.74, 6) is -0.229. The normalized spacial score (nSPS) is 11.6. The SMILES string of the molecule is CC(C)(C)CCNc1cc(F)c(I)cc1N. The summed E-state index contributed by atoms with van der Waals surface area (Å²) in [7, 11) is 0. The molecule has 0 atom stereocenters. The van der Waals surface area contributed by atoms with E-state index in [1.165, 1.54) is 6.07 Å². The van der Waals surface area contributed by atoms with Crippen molar-refractivity contribution in [2.45, 2.75) is 27.2 Å². The van der Waals surface area contributed by atoms with Gasteiger partial charge in [-0.15, -0.1) is 0 Å². The van der Waals surface area contributed by atoms with Crippen molar-refractivity contribution in [2.75, 3.05) is 17.6 Å². The largest absolute Gasteiger partial charge is 0.397 e. The molecule has 0 aromatic heterocycles. The fourth-order valence-corrected chi connectivity index (χ4v) is 1.78. The van der Waals surface area contributed by atoms with Crippen LogP contribution in [0.1, 0.15) is 27.2 Å². The minimum atomic E-state index is -0.229. The Kier molecular flexibility index (Phi) is 4.41. The van der Waals surface area contributed by atoms with Gasteiger partial charge in [-0.25, -0.2) is 4.39 Å². The highest BCUT2D eigenvalue weighted by atomic mass is 127. The lowest BCUT2D eigenvalue weighted by Gasteiger charge is -2.19. The Morgan fingerprint density at radius 1 is 1.38 bits per heavy atom. The van der Waals surface area contributed by atoms with E-state index in [-0.39, 0.29) is 11.2 Å². The van der Waals surface area contributed by atoms with Gasteiger partial charge in [0.15, 0.2) is 0 Å². The summed E-state index contributed by atoms with van der Waals surface area (Å²) < 4.78 is 13.9. The van der Waals surface area contributed by atoms with Gasteiger partial charge in [0.25, 0.3) is 0 Å². The maximum absolute atomic E-state index is 13.3. The first-order valence-electron chi connectivity index (χ1n) is 5.28. The molecule has 0 spiro atoms. The van der Waals surface area contributed by atoms with Crippen LogP contribution in [0.2, 0.25) is 0 Å². The van der Waals surface area contributed by atoms with E-state index >= 15 is 0 Å². The lowest BCUT2D eigenvalue weighted by Crippen LogP contribution is -2.13. The molecule has 1 rings (SSSR count). The van der Waals surface area contributed by atoms with Gasteiger partial charge in [-0.3, -0.25) is 0 Å². The summed E-state index contributed by atoms with van der Waals surface area (Å²) >= 11 is 1.93. The highest BCUT2D eigenvalue weighted by molar-refractivity contribution is 14.1. The van der Waals surface area contributed by atoms with Gasteiger partial charge in [0.05, 0.1) is 14.9 Å². The molecular formula is C12H18FIN2. The molecular weight excluding hydrogens is 318 g/mol. The first-order valence-corrected chi connectivity index (χ1v) is 6.36. The lowest BCUT2D eigenvalue weighted by atomic mass is 9.92. The van der Waals surface area contributed by atoms with Crippen LogP contribution < -0.4 is 11.1 Å². The number of halogens is 2. The number of rotatable bonds is 3. The van der Waals surface area contributed by atoms with Crippen LogP contribution in [0.25, 0.3) is 0 Å². The average Bonchev–Trinajstić information content (AvgIpc) is 2.11. The second-order valence-corrected chi connectivity index (χ2v) is 6.25. The molecule has 1 aromatic rings. The van der Waals surface area contributed by atoms with Crippen LogP contribution in [-0.4, -0.2) is 6.54 Å². The third kappa shape index (κ3) is 4.15. The van der Waals surface area contributed by atoms with Crippen LogP contribution >= 0.6 is 22.6 Å². The molecule has 0 bridgehead atoms. The summed E-state index contributed by atoms with van der Waals surface area (Å²) in [5.41, 5.74) is 7.35. The van der Waals surface area contributed by atoms with Gasteiger partial charge in [0, 0.05) is 12.6 Å². The molecule has 0 amide bonds. The van der Waals surface area contributed by atoms with Crippen LogP contribution in [0.4, 0.5) is 15.8 Å². The van der Waals surface area contributed by atoms with E-state index in [2.05, 4.69) is 26.1 Å². The quantitative estimate of drug-likeness (QED) is 0.650. The van der Waals surface area contributed by atoms with Crippen molar-refractivity contribution in [1.29, 1.82) is 0 Å². The third-order valence-electron chi connectivity index (χ3n) is 2.28. The van der Waals surface area contributed by atoms with Crippen LogP contribution in [0.5, 0.6) is 0 Å². The van der Waals surface area contributed by atoms with Crippen LogP contribution in [-0.2, 0) is 0 Å². The molecule has 0 aliphatic heterocycles. The number of hydrogen-bond donors (Lipinski definition) is 2. The van der Waals surface area contributed by atoms with E-state index in [1.54, 1.807) is 6.07 Å². The zero-order valence-electron chi connectivity index (χ0n) is 9.90. The molecule has 0 fully saturated rings. The number of hydrogen-bond acceptors (Lipinski definition) is 2. The van der Waals surface area contributed by atoms with Gasteiger partial charge in [-0.1, -0.05) is 20.8 Å². The number of nitrogen functional groups attached to an aromatic ring is 1. The topological polar surface area (TPSA) is 38.0 Å². The summed E-state index contributed by atoms with van der Waals surface area (Å²) in [6, 6.07) is 3.11. The van der Waals surface area contributed by atoms with Crippen LogP contribution in [0, 0.1) is 14.8 Å². The molecule has 1 aromatic carbocycles. The highest BCUT2D eigenvalue weighted by Gasteiger charge is 2.10. The van der Waals surface area contributed by atoms with Crippen molar-refractivity contribution >= 4 is 34.0 Å². The number of nitrogens with one attached hydrogen (secondary N) is 1. The standard InChI is InChI=1S/C12H18FIN2/c1-12(2,3)4-5-16-11-6-8(13)9(14)7-10(11)15/h6-7,16H,4-5,15H2,1-3H3. The Labute approximate surface area is 110 Å². The van der Waals surface area contributed by atoms with Gasteiger partial charge in [-0.05, 0) is 40.5 Å². The molecule has 0 unspecified atom stereocenters. The van der Waals surface area contributed by atoms with Crippen molar-refractivity contribution in [3.05, 3.63) is 21.5 Å². The van der Waals surface area contributed by atoms with Crippen molar-refractivity contribution < 1.29 is 4.39 Å². The molecule has 4 heteroatoms. The van der Waals surface area contributed by atoms with E-state index in [4.69, 9.17) is 5.73 Å². The molecule has 2 nitrogen and oxygen atoms in total. The predicted octanol–water partition coefficient (Wildman–Crippen LogP) is 3.86. The maximum Gasteiger partial charge on any atom is 0.138 e. The summed E-state index contributed by atoms with van der Waals surface area (Å²) in [6.07, 6.45) is 1.01. The molecule has 0 aliphatic carbocycles. The van der Waals surface area contributed by atoms with E-state index < -0.39 is 0 Å². The Hall–Kier alpha value is -0.520. The molecule has 0 saturated carbocycles. The van der Waals surface area contributed by atoms with Crippen molar-refractivity contribution in [2.24, 2.45) is 5.41 Å². The molecule has 0 saturated heterocycles. The maximum atomic E-state index is 13.3. The average molecular weight is 336 g/mol. The zero-order chi connectivity index (χ0) is 12.3. The minimum Gasteiger partial charge on any atom is -0.397 e. The summed E-state index contributed by atoms with van der Waals surface area (Å²) in [5, 5.41) is 3.17. The summed E-state index contributed by atoms with van der Waals surface area (Å²) in [4.78, 5) is 0. The summed E-state index contributed by atoms with van der Waals surface area (Å²) in [6.45, 7) is 7.32. The van der Waals surface area contributed by atoms with Crippen molar-refractivity contribution in [1.82, 2.24) is 0 Å². The van der Waals surface area contributed by atoms with Gasteiger partial charge < -0.3 is 11.1 Å². The molecule has 0 heterocycles.